The number of Topliss-reactive ketones (excluding diaryl/α,β-unsaturated/α-hetero) is 1. The third-order valence-electron chi connectivity index (χ3n) is 5.30. The summed E-state index contributed by atoms with van der Waals surface area (Å²) in [5, 5.41) is 0. The van der Waals surface area contributed by atoms with Gasteiger partial charge in [0, 0.05) is 12.0 Å². The van der Waals surface area contributed by atoms with E-state index in [9.17, 15) is 9.18 Å². The molecule has 1 unspecified atom stereocenters. The number of carbonyl (C=O) groups is 1. The summed E-state index contributed by atoms with van der Waals surface area (Å²) in [6.07, 6.45) is 0.726. The highest BCUT2D eigenvalue weighted by atomic mass is 19.1. The van der Waals surface area contributed by atoms with Crippen molar-refractivity contribution in [3.8, 4) is 17.1 Å². The van der Waals surface area contributed by atoms with E-state index in [-0.39, 0.29) is 35.8 Å². The number of fused-ring (bicyclic) bond motifs is 1. The third kappa shape index (κ3) is 3.32. The Bertz CT molecular complexity index is 1180. The first-order valence-electron chi connectivity index (χ1n) is 9.42. The van der Waals surface area contributed by atoms with Crippen LogP contribution in [0.15, 0.2) is 18.2 Å². The van der Waals surface area contributed by atoms with Gasteiger partial charge in [-0.25, -0.2) is 24.3 Å². The molecule has 1 aliphatic rings. The average Bonchev–Trinajstić information content (AvgIpc) is 2.67. The lowest BCUT2D eigenvalue weighted by Gasteiger charge is -2.26. The summed E-state index contributed by atoms with van der Waals surface area (Å²) >= 11 is 0. The van der Waals surface area contributed by atoms with Gasteiger partial charge in [-0.05, 0) is 43.9 Å². The van der Waals surface area contributed by atoms with Gasteiger partial charge in [0.05, 0.1) is 35.4 Å². The van der Waals surface area contributed by atoms with Crippen LogP contribution in [0.3, 0.4) is 0 Å². The van der Waals surface area contributed by atoms with Crippen molar-refractivity contribution >= 4 is 17.5 Å². The van der Waals surface area contributed by atoms with Gasteiger partial charge in [-0.2, -0.15) is 0 Å². The average molecular weight is 408 g/mol. The number of nitrogens with two attached hydrogens (primary N) is 2. The molecule has 4 N–H and O–H groups in total. The number of aryl methyl sites for hydroxylation is 2. The SMILES string of the molecule is COc1nc(-c2cc(F)ccc2C2CC(=O)c3c(C)nc(N)nc3C2)c(C)nc1N. The van der Waals surface area contributed by atoms with E-state index in [0.29, 0.717) is 40.3 Å². The number of aromatic nitrogens is 4. The molecule has 1 aromatic carbocycles. The summed E-state index contributed by atoms with van der Waals surface area (Å²) in [5.41, 5.74) is 15.6. The number of hydrogen-bond acceptors (Lipinski definition) is 8. The number of anilines is 2. The molecular formula is C21H21FN6O2. The van der Waals surface area contributed by atoms with E-state index in [1.54, 1.807) is 19.9 Å². The lowest BCUT2D eigenvalue weighted by atomic mass is 9.79. The topological polar surface area (TPSA) is 130 Å². The third-order valence-corrected chi connectivity index (χ3v) is 5.30. The fourth-order valence-electron chi connectivity index (χ4n) is 4.03. The van der Waals surface area contributed by atoms with Crippen LogP contribution >= 0.6 is 0 Å². The molecule has 0 saturated heterocycles. The molecule has 2 heterocycles. The number of carbonyl (C=O) groups excluding carboxylic acids is 1. The lowest BCUT2D eigenvalue weighted by Crippen LogP contribution is -2.23. The molecule has 30 heavy (non-hydrogen) atoms. The van der Waals surface area contributed by atoms with Gasteiger partial charge in [0.25, 0.3) is 5.88 Å². The van der Waals surface area contributed by atoms with E-state index in [0.717, 1.165) is 5.56 Å². The van der Waals surface area contributed by atoms with Gasteiger partial charge in [-0.3, -0.25) is 4.79 Å². The monoisotopic (exact) mass is 408 g/mol. The van der Waals surface area contributed by atoms with Crippen LogP contribution in [0.25, 0.3) is 11.3 Å². The number of nitrogen functional groups attached to an aromatic ring is 2. The molecule has 4 rings (SSSR count). The Morgan fingerprint density at radius 2 is 1.83 bits per heavy atom. The summed E-state index contributed by atoms with van der Waals surface area (Å²) < 4.78 is 19.4. The zero-order chi connectivity index (χ0) is 21.6. The van der Waals surface area contributed by atoms with E-state index >= 15 is 0 Å². The van der Waals surface area contributed by atoms with Crippen LogP contribution in [0, 0.1) is 19.7 Å². The van der Waals surface area contributed by atoms with Crippen molar-refractivity contribution in [1.29, 1.82) is 0 Å². The van der Waals surface area contributed by atoms with Crippen LogP contribution in [0.1, 0.15) is 45.3 Å². The zero-order valence-corrected chi connectivity index (χ0v) is 16.9. The number of methoxy groups -OCH3 is 1. The van der Waals surface area contributed by atoms with Crippen LogP contribution in [0.5, 0.6) is 5.88 Å². The van der Waals surface area contributed by atoms with Gasteiger partial charge in [0.1, 0.15) is 5.82 Å². The highest BCUT2D eigenvalue weighted by Crippen LogP contribution is 2.39. The van der Waals surface area contributed by atoms with Gasteiger partial charge >= 0.3 is 0 Å². The predicted octanol–water partition coefficient (Wildman–Crippen LogP) is 2.78. The first-order chi connectivity index (χ1) is 14.3. The lowest BCUT2D eigenvalue weighted by molar-refractivity contribution is 0.0962. The molecule has 0 radical (unpaired) electrons. The standard InChI is InChI=1S/C21H21FN6O2/c1-9-17-15(27-21(24)26-9)6-11(7-16(17)29)13-5-4-12(22)8-14(13)18-10(2)25-19(23)20(28-18)30-3/h4-5,8,11H,6-7H2,1-3H3,(H2,23,25)(H2,24,26,27). The second-order valence-corrected chi connectivity index (χ2v) is 7.30. The summed E-state index contributed by atoms with van der Waals surface area (Å²) in [6, 6.07) is 4.44. The molecule has 0 spiro atoms. The highest BCUT2D eigenvalue weighted by molar-refractivity contribution is 6.00. The molecule has 1 atom stereocenters. The second kappa shape index (κ2) is 7.33. The maximum absolute atomic E-state index is 14.2. The first kappa shape index (κ1) is 19.7. The van der Waals surface area contributed by atoms with E-state index in [4.69, 9.17) is 16.2 Å². The van der Waals surface area contributed by atoms with Gasteiger partial charge in [-0.1, -0.05) is 6.07 Å². The van der Waals surface area contributed by atoms with Crippen LogP contribution in [0.2, 0.25) is 0 Å². The van der Waals surface area contributed by atoms with Crippen molar-refractivity contribution in [3.05, 3.63) is 52.2 Å². The number of halogens is 1. The van der Waals surface area contributed by atoms with Crippen LogP contribution in [0.4, 0.5) is 16.2 Å². The predicted molar refractivity (Wildman–Crippen MR) is 110 cm³/mol. The molecule has 154 valence electrons. The zero-order valence-electron chi connectivity index (χ0n) is 16.9. The molecule has 8 nitrogen and oxygen atoms in total. The number of benzene rings is 1. The van der Waals surface area contributed by atoms with Gasteiger partial charge in [0.2, 0.25) is 5.95 Å². The maximum atomic E-state index is 14.2. The van der Waals surface area contributed by atoms with Gasteiger partial charge < -0.3 is 16.2 Å². The Morgan fingerprint density at radius 3 is 2.57 bits per heavy atom. The Morgan fingerprint density at radius 1 is 1.07 bits per heavy atom. The van der Waals surface area contributed by atoms with Gasteiger partial charge in [0.15, 0.2) is 11.6 Å². The van der Waals surface area contributed by atoms with Crippen LogP contribution in [-0.2, 0) is 6.42 Å². The Hall–Kier alpha value is -3.62. The van der Waals surface area contributed by atoms with Crippen molar-refractivity contribution < 1.29 is 13.9 Å². The Labute approximate surface area is 172 Å². The molecule has 0 aliphatic heterocycles. The quantitative estimate of drug-likeness (QED) is 0.677. The van der Waals surface area contributed by atoms with E-state index in [1.807, 2.05) is 0 Å². The summed E-state index contributed by atoms with van der Waals surface area (Å²) in [6.45, 7) is 3.49. The second-order valence-electron chi connectivity index (χ2n) is 7.30. The van der Waals surface area contributed by atoms with Crippen molar-refractivity contribution in [2.24, 2.45) is 0 Å². The molecule has 0 amide bonds. The molecule has 0 saturated carbocycles. The minimum Gasteiger partial charge on any atom is -0.478 e. The number of nitrogens with zero attached hydrogens (tertiary/aromatic N) is 4. The van der Waals surface area contributed by atoms with E-state index in [2.05, 4.69) is 19.9 Å². The van der Waals surface area contributed by atoms with E-state index < -0.39 is 5.82 Å². The molecule has 2 aromatic heterocycles. The summed E-state index contributed by atoms with van der Waals surface area (Å²) in [5.74, 6) is -0.265. The molecule has 1 aliphatic carbocycles. The minimum absolute atomic E-state index is 0.0632. The Balaban J connectivity index is 1.85. The molecule has 0 fully saturated rings. The highest BCUT2D eigenvalue weighted by Gasteiger charge is 2.31. The Kier molecular flexibility index (Phi) is 4.81. The maximum Gasteiger partial charge on any atom is 0.257 e. The number of ketones is 1. The molecular weight excluding hydrogens is 387 g/mol. The van der Waals surface area contributed by atoms with Crippen LogP contribution in [-0.4, -0.2) is 32.8 Å². The summed E-state index contributed by atoms with van der Waals surface area (Å²) in [7, 11) is 1.44. The normalized spacial score (nSPS) is 15.7. The van der Waals surface area contributed by atoms with Gasteiger partial charge in [-0.15, -0.1) is 0 Å². The molecule has 0 bridgehead atoms. The van der Waals surface area contributed by atoms with Crippen molar-refractivity contribution in [3.63, 3.8) is 0 Å². The number of rotatable bonds is 3. The fraction of sp³-hybridized carbons (Fsp3) is 0.286. The van der Waals surface area contributed by atoms with E-state index in [1.165, 1.54) is 19.2 Å². The van der Waals surface area contributed by atoms with Crippen molar-refractivity contribution in [1.82, 2.24) is 19.9 Å². The number of ether oxygens (including phenoxy) is 1. The van der Waals surface area contributed by atoms with Crippen molar-refractivity contribution in [2.75, 3.05) is 18.6 Å². The first-order valence-corrected chi connectivity index (χ1v) is 9.42. The molecule has 9 heteroatoms. The summed E-state index contributed by atoms with van der Waals surface area (Å²) in [4.78, 5) is 30.0. The van der Waals surface area contributed by atoms with Crippen LogP contribution < -0.4 is 16.2 Å². The molecule has 3 aromatic rings. The minimum atomic E-state index is -0.421. The van der Waals surface area contributed by atoms with Crippen molar-refractivity contribution in [2.45, 2.75) is 32.6 Å². The largest absolute Gasteiger partial charge is 0.478 e. The fourth-order valence-corrected chi connectivity index (χ4v) is 4.03. The smallest absolute Gasteiger partial charge is 0.257 e. The number of hydrogen-bond donors (Lipinski definition) is 2.